The quantitative estimate of drug-likeness (QED) is 0.534. The molecule has 0 rings (SSSR count). The molecule has 0 saturated heterocycles. The average molecular weight is 180 g/mol. The van der Waals surface area contributed by atoms with E-state index in [9.17, 15) is 13.2 Å². The Kier molecular flexibility index (Phi) is 3.47. The molecule has 0 spiro atoms. The van der Waals surface area contributed by atoms with Gasteiger partial charge in [-0.2, -0.15) is 0 Å². The molecular weight excluding hydrogens is 168 g/mol. The van der Waals surface area contributed by atoms with Gasteiger partial charge in [0.05, 0.1) is 11.8 Å². The van der Waals surface area contributed by atoms with E-state index in [1.54, 1.807) is 0 Å². The van der Waals surface area contributed by atoms with Crippen LogP contribution in [0, 0.1) is 0 Å². The van der Waals surface area contributed by atoms with E-state index in [0.29, 0.717) is 0 Å². The van der Waals surface area contributed by atoms with Crippen LogP contribution in [0.2, 0.25) is 0 Å². The van der Waals surface area contributed by atoms with Crippen molar-refractivity contribution in [3.8, 4) is 0 Å². The molecule has 0 aromatic rings. The van der Waals surface area contributed by atoms with Crippen LogP contribution >= 0.6 is 0 Å². The van der Waals surface area contributed by atoms with Crippen LogP contribution in [0.5, 0.6) is 0 Å². The van der Waals surface area contributed by atoms with Crippen LogP contribution in [0.1, 0.15) is 6.42 Å². The maximum atomic E-state index is 10.6. The molecule has 0 aliphatic heterocycles. The monoisotopic (exact) mass is 180 g/mol. The third-order valence-electron chi connectivity index (χ3n) is 1.17. The highest BCUT2D eigenvalue weighted by molar-refractivity contribution is 7.90. The lowest BCUT2D eigenvalue weighted by molar-refractivity contribution is -0.119. The SMILES string of the molecule is CS(=O)(=O)CCC(N)C(N)=O. The molecule has 0 radical (unpaired) electrons. The van der Waals surface area contributed by atoms with Crippen molar-refractivity contribution in [1.29, 1.82) is 0 Å². The fourth-order valence-corrected chi connectivity index (χ4v) is 1.17. The predicted octanol–water partition coefficient (Wildman–Crippen LogP) is -1.77. The number of amides is 1. The lowest BCUT2D eigenvalue weighted by Gasteiger charge is -2.04. The molecule has 0 aromatic heterocycles. The molecule has 6 heteroatoms. The zero-order valence-corrected chi connectivity index (χ0v) is 7.10. The second-order valence-corrected chi connectivity index (χ2v) is 4.69. The van der Waals surface area contributed by atoms with E-state index in [1.807, 2.05) is 0 Å². The van der Waals surface area contributed by atoms with E-state index >= 15 is 0 Å². The van der Waals surface area contributed by atoms with Gasteiger partial charge in [0.15, 0.2) is 0 Å². The van der Waals surface area contributed by atoms with Crippen LogP contribution in [0.4, 0.5) is 0 Å². The van der Waals surface area contributed by atoms with E-state index in [0.717, 1.165) is 6.26 Å². The van der Waals surface area contributed by atoms with Gasteiger partial charge in [0.2, 0.25) is 5.91 Å². The zero-order valence-electron chi connectivity index (χ0n) is 6.28. The van der Waals surface area contributed by atoms with Crippen molar-refractivity contribution in [1.82, 2.24) is 0 Å². The van der Waals surface area contributed by atoms with E-state index < -0.39 is 21.8 Å². The third-order valence-corrected chi connectivity index (χ3v) is 2.14. The number of carbonyl (C=O) groups excluding carboxylic acids is 1. The molecule has 4 N–H and O–H groups in total. The Hall–Kier alpha value is -0.620. The molecule has 0 heterocycles. The summed E-state index contributed by atoms with van der Waals surface area (Å²) >= 11 is 0. The van der Waals surface area contributed by atoms with Gasteiger partial charge in [-0.15, -0.1) is 0 Å². The zero-order chi connectivity index (χ0) is 9.07. The molecule has 0 saturated carbocycles. The van der Waals surface area contributed by atoms with Gasteiger partial charge in [-0.05, 0) is 6.42 Å². The first-order valence-electron chi connectivity index (χ1n) is 3.05. The third kappa shape index (κ3) is 5.81. The molecule has 0 aliphatic rings. The minimum atomic E-state index is -3.04. The van der Waals surface area contributed by atoms with Crippen LogP contribution in [0.3, 0.4) is 0 Å². The van der Waals surface area contributed by atoms with Gasteiger partial charge in [-0.25, -0.2) is 8.42 Å². The van der Waals surface area contributed by atoms with E-state index in [2.05, 4.69) is 0 Å². The lowest BCUT2D eigenvalue weighted by Crippen LogP contribution is -2.37. The summed E-state index contributed by atoms with van der Waals surface area (Å²) in [7, 11) is -3.04. The number of rotatable bonds is 4. The number of carbonyl (C=O) groups is 1. The summed E-state index contributed by atoms with van der Waals surface area (Å²) in [5.41, 5.74) is 9.99. The van der Waals surface area contributed by atoms with Crippen LogP contribution < -0.4 is 11.5 Å². The molecule has 1 amide bonds. The second-order valence-electron chi connectivity index (χ2n) is 2.43. The molecule has 0 bridgehead atoms. The van der Waals surface area contributed by atoms with Crippen molar-refractivity contribution in [3.05, 3.63) is 0 Å². The molecule has 66 valence electrons. The van der Waals surface area contributed by atoms with Gasteiger partial charge >= 0.3 is 0 Å². The average Bonchev–Trinajstić information content (AvgIpc) is 1.80. The maximum absolute atomic E-state index is 10.6. The Balaban J connectivity index is 3.82. The summed E-state index contributed by atoms with van der Waals surface area (Å²) in [4.78, 5) is 10.3. The van der Waals surface area contributed by atoms with E-state index in [1.165, 1.54) is 0 Å². The van der Waals surface area contributed by atoms with Crippen molar-refractivity contribution in [2.45, 2.75) is 12.5 Å². The standard InChI is InChI=1S/C5H12N2O3S/c1-11(9,10)3-2-4(6)5(7)8/h4H,2-3,6H2,1H3,(H2,7,8). The van der Waals surface area contributed by atoms with Crippen molar-refractivity contribution < 1.29 is 13.2 Å². The van der Waals surface area contributed by atoms with Crippen molar-refractivity contribution in [2.75, 3.05) is 12.0 Å². The largest absolute Gasteiger partial charge is 0.368 e. The molecule has 5 nitrogen and oxygen atoms in total. The molecule has 1 unspecified atom stereocenters. The molecule has 11 heavy (non-hydrogen) atoms. The fourth-order valence-electron chi connectivity index (χ4n) is 0.483. The normalized spacial score (nSPS) is 14.4. The highest BCUT2D eigenvalue weighted by Gasteiger charge is 2.11. The highest BCUT2D eigenvalue weighted by atomic mass is 32.2. The summed E-state index contributed by atoms with van der Waals surface area (Å²) in [5, 5.41) is 0. The van der Waals surface area contributed by atoms with Gasteiger partial charge in [0.1, 0.15) is 9.84 Å². The van der Waals surface area contributed by atoms with Crippen LogP contribution in [0.25, 0.3) is 0 Å². The fraction of sp³-hybridized carbons (Fsp3) is 0.800. The Labute approximate surface area is 65.7 Å². The molecule has 1 atom stereocenters. The van der Waals surface area contributed by atoms with Crippen molar-refractivity contribution in [3.63, 3.8) is 0 Å². The Morgan fingerprint density at radius 3 is 2.27 bits per heavy atom. The van der Waals surface area contributed by atoms with Gasteiger partial charge in [-0.3, -0.25) is 4.79 Å². The number of nitrogens with two attached hydrogens (primary N) is 2. The first-order chi connectivity index (χ1) is 4.83. The minimum Gasteiger partial charge on any atom is -0.368 e. The topological polar surface area (TPSA) is 103 Å². The first kappa shape index (κ1) is 10.4. The summed E-state index contributed by atoms with van der Waals surface area (Å²) in [6.07, 6.45) is 1.18. The van der Waals surface area contributed by atoms with Crippen molar-refractivity contribution >= 4 is 15.7 Å². The summed E-state index contributed by atoms with van der Waals surface area (Å²) < 4.78 is 21.1. The van der Waals surface area contributed by atoms with E-state index in [-0.39, 0.29) is 12.2 Å². The summed E-state index contributed by atoms with van der Waals surface area (Å²) in [5.74, 6) is -0.773. The van der Waals surface area contributed by atoms with Gasteiger partial charge in [0, 0.05) is 6.26 Å². The van der Waals surface area contributed by atoms with Crippen LogP contribution in [0.15, 0.2) is 0 Å². The minimum absolute atomic E-state index is 0.0914. The first-order valence-corrected chi connectivity index (χ1v) is 5.11. The Morgan fingerprint density at radius 2 is 2.00 bits per heavy atom. The highest BCUT2D eigenvalue weighted by Crippen LogP contribution is 1.92. The van der Waals surface area contributed by atoms with Crippen molar-refractivity contribution in [2.24, 2.45) is 11.5 Å². The number of sulfone groups is 1. The van der Waals surface area contributed by atoms with Gasteiger partial charge in [-0.1, -0.05) is 0 Å². The lowest BCUT2D eigenvalue weighted by atomic mass is 10.2. The molecule has 0 fully saturated rings. The summed E-state index contributed by atoms with van der Waals surface area (Å²) in [6, 6.07) is -0.857. The summed E-state index contributed by atoms with van der Waals surface area (Å²) in [6.45, 7) is 0. The number of hydrogen-bond acceptors (Lipinski definition) is 4. The number of primary amides is 1. The Bertz CT molecular complexity index is 234. The predicted molar refractivity (Wildman–Crippen MR) is 41.5 cm³/mol. The molecule has 0 aromatic carbocycles. The van der Waals surface area contributed by atoms with E-state index in [4.69, 9.17) is 11.5 Å². The van der Waals surface area contributed by atoms with Crippen LogP contribution in [-0.2, 0) is 14.6 Å². The van der Waals surface area contributed by atoms with Gasteiger partial charge in [0.25, 0.3) is 0 Å². The van der Waals surface area contributed by atoms with Crippen LogP contribution in [-0.4, -0.2) is 32.4 Å². The molecule has 0 aliphatic carbocycles. The Morgan fingerprint density at radius 1 is 1.55 bits per heavy atom. The van der Waals surface area contributed by atoms with Gasteiger partial charge < -0.3 is 11.5 Å². The maximum Gasteiger partial charge on any atom is 0.234 e. The smallest absolute Gasteiger partial charge is 0.234 e. The number of hydrogen-bond donors (Lipinski definition) is 2. The molecular formula is C5H12N2O3S. The second kappa shape index (κ2) is 3.68.